The maximum Gasteiger partial charge on any atom is 0.328 e. The molecule has 0 amide bonds. The molecule has 1 aromatic rings. The number of hydrogen-bond acceptors (Lipinski definition) is 2. The van der Waals surface area contributed by atoms with Gasteiger partial charge in [-0.15, -0.1) is 0 Å². The third-order valence-electron chi connectivity index (χ3n) is 2.89. The van der Waals surface area contributed by atoms with Crippen molar-refractivity contribution >= 4 is 23.6 Å². The first-order valence-electron chi connectivity index (χ1n) is 5.99. The molecular weight excluding hydrogens is 252 g/mol. The van der Waals surface area contributed by atoms with E-state index in [1.54, 1.807) is 18.2 Å². The van der Waals surface area contributed by atoms with Gasteiger partial charge < -0.3 is 9.84 Å². The third-order valence-corrected chi connectivity index (χ3v) is 3.22. The molecular formula is C14H15ClO3. The van der Waals surface area contributed by atoms with Crippen LogP contribution in [0.2, 0.25) is 5.02 Å². The van der Waals surface area contributed by atoms with Crippen molar-refractivity contribution in [3.8, 4) is 5.75 Å². The van der Waals surface area contributed by atoms with Crippen LogP contribution in [0.1, 0.15) is 24.8 Å². The van der Waals surface area contributed by atoms with Crippen molar-refractivity contribution in [3.63, 3.8) is 0 Å². The van der Waals surface area contributed by atoms with Crippen LogP contribution in [-0.4, -0.2) is 17.7 Å². The fourth-order valence-electron chi connectivity index (χ4n) is 1.70. The molecule has 1 aromatic carbocycles. The van der Waals surface area contributed by atoms with Gasteiger partial charge in [-0.25, -0.2) is 4.79 Å². The van der Waals surface area contributed by atoms with Crippen LogP contribution in [0.3, 0.4) is 0 Å². The molecule has 0 heterocycles. The molecule has 96 valence electrons. The molecule has 0 unspecified atom stereocenters. The van der Waals surface area contributed by atoms with E-state index in [9.17, 15) is 4.79 Å². The van der Waals surface area contributed by atoms with Gasteiger partial charge >= 0.3 is 5.97 Å². The number of benzene rings is 1. The minimum Gasteiger partial charge on any atom is -0.493 e. The quantitative estimate of drug-likeness (QED) is 0.800. The van der Waals surface area contributed by atoms with Crippen molar-refractivity contribution in [2.75, 3.05) is 6.61 Å². The summed E-state index contributed by atoms with van der Waals surface area (Å²) in [5.74, 6) is 0.446. The Kier molecular flexibility index (Phi) is 4.26. The number of carbonyl (C=O) groups is 1. The molecule has 0 aliphatic heterocycles. The van der Waals surface area contributed by atoms with Gasteiger partial charge in [0, 0.05) is 11.6 Å². The maximum absolute atomic E-state index is 10.5. The number of carboxylic acid groups (broad SMARTS) is 1. The molecule has 1 aliphatic rings. The highest BCUT2D eigenvalue weighted by Gasteiger charge is 2.20. The summed E-state index contributed by atoms with van der Waals surface area (Å²) in [5, 5.41) is 9.14. The van der Waals surface area contributed by atoms with Gasteiger partial charge in [-0.05, 0) is 30.5 Å². The standard InChI is InChI=1S/C14H15ClO3/c15-12-2-1-3-13(11(12)6-7-14(16)17)18-9-8-10-4-5-10/h1-3,6-7,10H,4-5,8-9H2,(H,16,17)/b7-6+. The molecule has 4 heteroatoms. The number of aliphatic carboxylic acids is 1. The summed E-state index contributed by atoms with van der Waals surface area (Å²) < 4.78 is 5.67. The van der Waals surface area contributed by atoms with Gasteiger partial charge in [-0.2, -0.15) is 0 Å². The topological polar surface area (TPSA) is 46.5 Å². The minimum atomic E-state index is -1.00. The van der Waals surface area contributed by atoms with E-state index in [0.717, 1.165) is 18.4 Å². The molecule has 0 radical (unpaired) electrons. The summed E-state index contributed by atoms with van der Waals surface area (Å²) >= 11 is 6.04. The monoisotopic (exact) mass is 266 g/mol. The van der Waals surface area contributed by atoms with Gasteiger partial charge in [-0.1, -0.05) is 30.5 Å². The number of carboxylic acids is 1. The average molecular weight is 267 g/mol. The van der Waals surface area contributed by atoms with Crippen molar-refractivity contribution in [1.82, 2.24) is 0 Å². The molecule has 18 heavy (non-hydrogen) atoms. The normalized spacial score (nSPS) is 14.9. The largest absolute Gasteiger partial charge is 0.493 e. The zero-order chi connectivity index (χ0) is 13.0. The maximum atomic E-state index is 10.5. The highest BCUT2D eigenvalue weighted by molar-refractivity contribution is 6.32. The van der Waals surface area contributed by atoms with Gasteiger partial charge in [0.15, 0.2) is 0 Å². The Morgan fingerprint density at radius 3 is 2.94 bits per heavy atom. The Balaban J connectivity index is 2.06. The van der Waals surface area contributed by atoms with E-state index in [1.807, 2.05) is 0 Å². The fourth-order valence-corrected chi connectivity index (χ4v) is 1.93. The highest BCUT2D eigenvalue weighted by atomic mass is 35.5. The first-order chi connectivity index (χ1) is 8.66. The zero-order valence-electron chi connectivity index (χ0n) is 9.93. The van der Waals surface area contributed by atoms with Crippen LogP contribution in [0.15, 0.2) is 24.3 Å². The van der Waals surface area contributed by atoms with Crippen LogP contribution >= 0.6 is 11.6 Å². The summed E-state index contributed by atoms with van der Waals surface area (Å²) in [6.45, 7) is 0.652. The molecule has 0 aromatic heterocycles. The lowest BCUT2D eigenvalue weighted by Gasteiger charge is -2.10. The lowest BCUT2D eigenvalue weighted by molar-refractivity contribution is -0.131. The van der Waals surface area contributed by atoms with E-state index in [4.69, 9.17) is 21.4 Å². The molecule has 1 aliphatic carbocycles. The molecule has 0 bridgehead atoms. The van der Waals surface area contributed by atoms with Crippen molar-refractivity contribution in [3.05, 3.63) is 34.9 Å². The van der Waals surface area contributed by atoms with Gasteiger partial charge in [0.1, 0.15) is 5.75 Å². The van der Waals surface area contributed by atoms with Crippen LogP contribution < -0.4 is 4.74 Å². The van der Waals surface area contributed by atoms with Gasteiger partial charge in [0.05, 0.1) is 11.6 Å². The Labute approximate surface area is 111 Å². The van der Waals surface area contributed by atoms with Gasteiger partial charge in [-0.3, -0.25) is 0 Å². The Bertz CT molecular complexity index is 464. The van der Waals surface area contributed by atoms with E-state index in [-0.39, 0.29) is 0 Å². The number of halogens is 1. The predicted molar refractivity (Wildman–Crippen MR) is 71.0 cm³/mol. The second-order valence-corrected chi connectivity index (χ2v) is 4.81. The minimum absolute atomic E-state index is 0.497. The number of rotatable bonds is 6. The van der Waals surface area contributed by atoms with Crippen molar-refractivity contribution < 1.29 is 14.6 Å². The molecule has 1 N–H and O–H groups in total. The fraction of sp³-hybridized carbons (Fsp3) is 0.357. The molecule has 0 spiro atoms. The van der Waals surface area contributed by atoms with Crippen LogP contribution in [0.25, 0.3) is 6.08 Å². The zero-order valence-corrected chi connectivity index (χ0v) is 10.7. The summed E-state index contributed by atoms with van der Waals surface area (Å²) in [5.41, 5.74) is 0.623. The van der Waals surface area contributed by atoms with Crippen molar-refractivity contribution in [2.45, 2.75) is 19.3 Å². The van der Waals surface area contributed by atoms with Gasteiger partial charge in [0.25, 0.3) is 0 Å². The van der Waals surface area contributed by atoms with Crippen LogP contribution in [0.5, 0.6) is 5.75 Å². The summed E-state index contributed by atoms with van der Waals surface area (Å²) in [7, 11) is 0. The van der Waals surface area contributed by atoms with E-state index in [2.05, 4.69) is 0 Å². The molecule has 1 saturated carbocycles. The summed E-state index contributed by atoms with van der Waals surface area (Å²) in [6.07, 6.45) is 6.18. The first kappa shape index (κ1) is 13.0. The van der Waals surface area contributed by atoms with E-state index in [1.165, 1.54) is 18.9 Å². The van der Waals surface area contributed by atoms with Crippen LogP contribution in [0.4, 0.5) is 0 Å². The lowest BCUT2D eigenvalue weighted by Crippen LogP contribution is -2.00. The Hall–Kier alpha value is -1.48. The first-order valence-corrected chi connectivity index (χ1v) is 6.37. The lowest BCUT2D eigenvalue weighted by atomic mass is 10.2. The number of hydrogen-bond donors (Lipinski definition) is 1. The van der Waals surface area contributed by atoms with Crippen molar-refractivity contribution in [2.24, 2.45) is 5.92 Å². The van der Waals surface area contributed by atoms with Crippen LogP contribution in [-0.2, 0) is 4.79 Å². The van der Waals surface area contributed by atoms with E-state index < -0.39 is 5.97 Å². The van der Waals surface area contributed by atoms with Crippen molar-refractivity contribution in [1.29, 1.82) is 0 Å². The predicted octanol–water partition coefficient (Wildman–Crippen LogP) is 3.62. The molecule has 0 atom stereocenters. The third kappa shape index (κ3) is 3.77. The smallest absolute Gasteiger partial charge is 0.328 e. The average Bonchev–Trinajstić information content (AvgIpc) is 3.12. The summed E-state index contributed by atoms with van der Waals surface area (Å²) in [6, 6.07) is 5.32. The van der Waals surface area contributed by atoms with Crippen LogP contribution in [0, 0.1) is 5.92 Å². The molecule has 2 rings (SSSR count). The highest BCUT2D eigenvalue weighted by Crippen LogP contribution is 2.33. The molecule has 1 fully saturated rings. The molecule has 0 saturated heterocycles. The Morgan fingerprint density at radius 2 is 2.28 bits per heavy atom. The second-order valence-electron chi connectivity index (χ2n) is 4.40. The summed E-state index contributed by atoms with van der Waals surface area (Å²) in [4.78, 5) is 10.5. The van der Waals surface area contributed by atoms with Gasteiger partial charge in [0.2, 0.25) is 0 Å². The SMILES string of the molecule is O=C(O)/C=C/c1c(Cl)cccc1OCCC1CC1. The van der Waals surface area contributed by atoms with E-state index in [0.29, 0.717) is 22.9 Å². The number of ether oxygens (including phenoxy) is 1. The van der Waals surface area contributed by atoms with E-state index >= 15 is 0 Å². The second kappa shape index (κ2) is 5.91. The Morgan fingerprint density at radius 1 is 1.50 bits per heavy atom. The molecule has 3 nitrogen and oxygen atoms in total.